The molecule has 1 aromatic carbocycles. The molecule has 6 heteroatoms. The number of nitrogens with zero attached hydrogens (tertiary/aromatic N) is 3. The second kappa shape index (κ2) is 8.89. The van der Waals surface area contributed by atoms with Crippen LogP contribution in [0.5, 0.6) is 5.75 Å². The van der Waals surface area contributed by atoms with Crippen LogP contribution < -0.4 is 4.74 Å². The Kier molecular flexibility index (Phi) is 6.60. The van der Waals surface area contributed by atoms with E-state index >= 15 is 0 Å². The summed E-state index contributed by atoms with van der Waals surface area (Å²) in [7, 11) is 0. The first kappa shape index (κ1) is 19.3. The van der Waals surface area contributed by atoms with Crippen LogP contribution in [0.2, 0.25) is 0 Å². The third kappa shape index (κ3) is 4.14. The van der Waals surface area contributed by atoms with E-state index in [1.807, 2.05) is 32.9 Å². The van der Waals surface area contributed by atoms with Gasteiger partial charge in [0.25, 0.3) is 0 Å². The number of benzene rings is 1. The average molecular weight is 355 g/mol. The van der Waals surface area contributed by atoms with Crippen molar-refractivity contribution in [3.63, 3.8) is 0 Å². The van der Waals surface area contributed by atoms with Gasteiger partial charge in [0.15, 0.2) is 6.29 Å². The Balaban J connectivity index is 2.34. The van der Waals surface area contributed by atoms with Gasteiger partial charge in [-0.1, -0.05) is 18.2 Å². The average Bonchev–Trinajstić information content (AvgIpc) is 2.64. The van der Waals surface area contributed by atoms with Crippen LogP contribution in [-0.4, -0.2) is 29.0 Å². The van der Waals surface area contributed by atoms with Crippen LogP contribution >= 0.6 is 0 Å². The standard InChI is InChI=1S/C20H22FN3O2/c1-5-18(24(22-4)14(2)3)20-15(8-7-11-23-20)13-26-19-10-6-9-17(21)16(19)12-25/h5-12,14H,4,13H2,1-3H3/b18-5-. The van der Waals surface area contributed by atoms with Crippen molar-refractivity contribution >= 4 is 18.7 Å². The molecular formula is C20H22FN3O2. The summed E-state index contributed by atoms with van der Waals surface area (Å²) in [4.78, 5) is 15.6. The molecule has 0 N–H and O–H groups in total. The van der Waals surface area contributed by atoms with E-state index in [4.69, 9.17) is 4.74 Å². The van der Waals surface area contributed by atoms with Gasteiger partial charge in [0.1, 0.15) is 18.2 Å². The summed E-state index contributed by atoms with van der Waals surface area (Å²) in [6.07, 6.45) is 4.04. The molecule has 2 aromatic rings. The van der Waals surface area contributed by atoms with Crippen molar-refractivity contribution in [1.29, 1.82) is 0 Å². The van der Waals surface area contributed by atoms with Crippen LogP contribution in [0.4, 0.5) is 4.39 Å². The van der Waals surface area contributed by atoms with Crippen LogP contribution in [0.15, 0.2) is 47.7 Å². The zero-order valence-electron chi connectivity index (χ0n) is 15.1. The molecule has 1 heterocycles. The fourth-order valence-corrected chi connectivity index (χ4v) is 2.59. The lowest BCUT2D eigenvalue weighted by Gasteiger charge is -2.26. The molecular weight excluding hydrogens is 333 g/mol. The topological polar surface area (TPSA) is 54.8 Å². The van der Waals surface area contributed by atoms with E-state index in [2.05, 4.69) is 16.8 Å². The number of ether oxygens (including phenoxy) is 1. The van der Waals surface area contributed by atoms with Crippen LogP contribution in [0.25, 0.3) is 5.70 Å². The Hall–Kier alpha value is -3.02. The second-order valence-electron chi connectivity index (χ2n) is 5.82. The highest BCUT2D eigenvalue weighted by Crippen LogP contribution is 2.26. The normalized spacial score (nSPS) is 11.3. The minimum Gasteiger partial charge on any atom is -0.488 e. The molecule has 2 rings (SSSR count). The van der Waals surface area contributed by atoms with Gasteiger partial charge in [-0.05, 0) is 39.0 Å². The van der Waals surface area contributed by atoms with Gasteiger partial charge in [0, 0.05) is 24.5 Å². The molecule has 26 heavy (non-hydrogen) atoms. The lowest BCUT2D eigenvalue weighted by atomic mass is 10.1. The van der Waals surface area contributed by atoms with Gasteiger partial charge in [0.2, 0.25) is 0 Å². The number of carbonyl (C=O) groups is 1. The Morgan fingerprint density at radius 1 is 1.38 bits per heavy atom. The molecule has 0 unspecified atom stereocenters. The number of pyridine rings is 1. The molecule has 5 nitrogen and oxygen atoms in total. The number of hydrazone groups is 1. The fraction of sp³-hybridized carbons (Fsp3) is 0.250. The summed E-state index contributed by atoms with van der Waals surface area (Å²) in [5.41, 5.74) is 2.18. The van der Waals surface area contributed by atoms with Gasteiger partial charge in [-0.25, -0.2) is 4.39 Å². The number of rotatable bonds is 8. The molecule has 0 bridgehead atoms. The molecule has 0 amide bonds. The summed E-state index contributed by atoms with van der Waals surface area (Å²) in [6.45, 7) is 9.66. The van der Waals surface area contributed by atoms with Crippen LogP contribution in [0, 0.1) is 5.82 Å². The van der Waals surface area contributed by atoms with Crippen molar-refractivity contribution < 1.29 is 13.9 Å². The first-order valence-corrected chi connectivity index (χ1v) is 8.26. The SMILES string of the molecule is C=NN(/C(=C\C)c1ncccc1COc1cccc(F)c1C=O)C(C)C. The number of carbonyl (C=O) groups excluding carboxylic acids is 1. The van der Waals surface area contributed by atoms with E-state index < -0.39 is 5.82 Å². The molecule has 1 aromatic heterocycles. The lowest BCUT2D eigenvalue weighted by Crippen LogP contribution is -2.24. The Morgan fingerprint density at radius 2 is 2.15 bits per heavy atom. The minimum atomic E-state index is -0.611. The zero-order valence-corrected chi connectivity index (χ0v) is 15.1. The molecule has 136 valence electrons. The van der Waals surface area contributed by atoms with E-state index in [0.717, 1.165) is 11.3 Å². The maximum absolute atomic E-state index is 13.7. The predicted molar refractivity (Wildman–Crippen MR) is 101 cm³/mol. The molecule has 0 spiro atoms. The minimum absolute atomic E-state index is 0.0965. The molecule has 0 radical (unpaired) electrons. The summed E-state index contributed by atoms with van der Waals surface area (Å²) in [5, 5.41) is 5.84. The maximum atomic E-state index is 13.7. The van der Waals surface area contributed by atoms with E-state index in [1.54, 1.807) is 23.3 Å². The molecule has 0 saturated heterocycles. The van der Waals surface area contributed by atoms with Crippen molar-refractivity contribution in [3.05, 3.63) is 65.2 Å². The van der Waals surface area contributed by atoms with E-state index in [0.29, 0.717) is 12.0 Å². The predicted octanol–water partition coefficient (Wildman–Crippen LogP) is 4.30. The lowest BCUT2D eigenvalue weighted by molar-refractivity contribution is 0.111. The van der Waals surface area contributed by atoms with Crippen molar-refractivity contribution in [1.82, 2.24) is 9.99 Å². The second-order valence-corrected chi connectivity index (χ2v) is 5.82. The van der Waals surface area contributed by atoms with Crippen molar-refractivity contribution in [2.75, 3.05) is 0 Å². The summed E-state index contributed by atoms with van der Waals surface area (Å²) >= 11 is 0. The first-order chi connectivity index (χ1) is 12.5. The Labute approximate surface area is 152 Å². The summed E-state index contributed by atoms with van der Waals surface area (Å²) in [5.74, 6) is -0.417. The third-order valence-corrected chi connectivity index (χ3v) is 3.81. The monoisotopic (exact) mass is 355 g/mol. The van der Waals surface area contributed by atoms with E-state index in [9.17, 15) is 9.18 Å². The van der Waals surface area contributed by atoms with Crippen LogP contribution in [0.1, 0.15) is 42.4 Å². The van der Waals surface area contributed by atoms with Crippen molar-refractivity contribution in [2.45, 2.75) is 33.4 Å². The Bertz CT molecular complexity index is 818. The molecule has 0 saturated carbocycles. The quantitative estimate of drug-likeness (QED) is 0.402. The highest BCUT2D eigenvalue weighted by molar-refractivity contribution is 5.79. The van der Waals surface area contributed by atoms with Gasteiger partial charge in [-0.3, -0.25) is 14.8 Å². The number of hydrogen-bond acceptors (Lipinski definition) is 5. The smallest absolute Gasteiger partial charge is 0.156 e. The molecule has 0 aliphatic carbocycles. The van der Waals surface area contributed by atoms with Gasteiger partial charge in [-0.15, -0.1) is 0 Å². The van der Waals surface area contributed by atoms with E-state index in [-0.39, 0.29) is 24.0 Å². The van der Waals surface area contributed by atoms with E-state index in [1.165, 1.54) is 12.1 Å². The number of allylic oxidation sites excluding steroid dienone is 1. The summed E-state index contributed by atoms with van der Waals surface area (Å²) in [6, 6.07) is 8.04. The highest BCUT2D eigenvalue weighted by atomic mass is 19.1. The number of aromatic nitrogens is 1. The van der Waals surface area contributed by atoms with Crippen molar-refractivity contribution in [2.24, 2.45) is 5.10 Å². The maximum Gasteiger partial charge on any atom is 0.156 e. The Morgan fingerprint density at radius 3 is 2.77 bits per heavy atom. The highest BCUT2D eigenvalue weighted by Gasteiger charge is 2.18. The number of halogens is 1. The van der Waals surface area contributed by atoms with Gasteiger partial charge in [-0.2, -0.15) is 5.10 Å². The zero-order chi connectivity index (χ0) is 19.1. The van der Waals surface area contributed by atoms with Crippen LogP contribution in [-0.2, 0) is 6.61 Å². The fourth-order valence-electron chi connectivity index (χ4n) is 2.59. The van der Waals surface area contributed by atoms with Crippen molar-refractivity contribution in [3.8, 4) is 5.75 Å². The number of hydrogen-bond donors (Lipinski definition) is 0. The van der Waals surface area contributed by atoms with Gasteiger partial charge < -0.3 is 4.74 Å². The molecule has 0 aliphatic heterocycles. The molecule has 0 aliphatic rings. The molecule has 0 fully saturated rings. The number of aldehydes is 1. The van der Waals surface area contributed by atoms with Gasteiger partial charge >= 0.3 is 0 Å². The van der Waals surface area contributed by atoms with Crippen LogP contribution in [0.3, 0.4) is 0 Å². The molecule has 0 atom stereocenters. The largest absolute Gasteiger partial charge is 0.488 e. The van der Waals surface area contributed by atoms with Gasteiger partial charge in [0.05, 0.1) is 17.0 Å². The third-order valence-electron chi connectivity index (χ3n) is 3.81. The summed E-state index contributed by atoms with van der Waals surface area (Å²) < 4.78 is 19.4. The first-order valence-electron chi connectivity index (χ1n) is 8.26.